The minimum Gasteiger partial charge on any atom is -0.481 e. The predicted octanol–water partition coefficient (Wildman–Crippen LogP) is 1.63. The fourth-order valence-electron chi connectivity index (χ4n) is 4.32. The third kappa shape index (κ3) is 4.97. The van der Waals surface area contributed by atoms with Gasteiger partial charge in [0.05, 0.1) is 10.9 Å². The lowest BCUT2D eigenvalue weighted by molar-refractivity contribution is -0.161. The van der Waals surface area contributed by atoms with E-state index < -0.39 is 46.2 Å². The lowest BCUT2D eigenvalue weighted by atomic mass is 9.83. The number of fused-ring (bicyclic) bond motifs is 2. The summed E-state index contributed by atoms with van der Waals surface area (Å²) in [4.78, 5) is 66.1. The number of thiophene rings is 1. The van der Waals surface area contributed by atoms with Crippen LogP contribution in [0, 0.1) is 5.41 Å². The zero-order chi connectivity index (χ0) is 28.8. The molecule has 2 aliphatic rings. The molecule has 0 spiro atoms. The van der Waals surface area contributed by atoms with Crippen LogP contribution in [0.4, 0.5) is 5.13 Å². The fourth-order valence-corrected chi connectivity index (χ4v) is 7.51. The lowest BCUT2D eigenvalue weighted by Gasteiger charge is -2.53. The number of hydrogen-bond acceptors (Lipinski definition) is 12. The monoisotopic (exact) mass is 604 g/mol. The summed E-state index contributed by atoms with van der Waals surface area (Å²) in [6.45, 7) is 2.51. The first kappa shape index (κ1) is 27.8. The predicted molar refractivity (Wildman–Crippen MR) is 149 cm³/mol. The second-order valence-corrected chi connectivity index (χ2v) is 12.9. The molecule has 5 N–H and O–H groups in total. The quantitative estimate of drug-likeness (QED) is 0.157. The van der Waals surface area contributed by atoms with Gasteiger partial charge in [-0.1, -0.05) is 11.2 Å². The maximum absolute atomic E-state index is 13.2. The molecule has 5 rings (SSSR count). The minimum absolute atomic E-state index is 0.0170. The molecule has 2 amide bonds. The van der Waals surface area contributed by atoms with Crippen molar-refractivity contribution in [3.63, 3.8) is 0 Å². The van der Waals surface area contributed by atoms with Gasteiger partial charge in [-0.2, -0.15) is 0 Å². The molecule has 2 unspecified atom stereocenters. The number of hydrogen-bond donors (Lipinski definition) is 4. The number of carbonyl (C=O) groups excluding carboxylic acids is 2. The number of aliphatic carboxylic acids is 2. The van der Waals surface area contributed by atoms with Gasteiger partial charge in [0.25, 0.3) is 5.91 Å². The van der Waals surface area contributed by atoms with Gasteiger partial charge in [-0.25, -0.2) is 9.78 Å². The molecular formula is C24H24N6O7S3. The third-order valence-corrected chi connectivity index (χ3v) is 9.93. The average molecular weight is 605 g/mol. The Morgan fingerprint density at radius 1 is 1.30 bits per heavy atom. The number of aromatic nitrogens is 2. The van der Waals surface area contributed by atoms with Gasteiger partial charge in [0.2, 0.25) is 11.5 Å². The molecule has 3 aromatic rings. The summed E-state index contributed by atoms with van der Waals surface area (Å²) in [5.74, 6) is -3.34. The molecule has 2 saturated heterocycles. The summed E-state index contributed by atoms with van der Waals surface area (Å²) in [7, 11) is 0. The van der Waals surface area contributed by atoms with E-state index in [0.717, 1.165) is 27.1 Å². The number of carbonyl (C=O) groups is 4. The first-order chi connectivity index (χ1) is 18.9. The standard InChI is InChI=1S/C24H24N6O7S3/c1-23(2,20(33)34)37-29-15(12-8-39-22(25)27-12)17(31)28-16-18(32)30-9-24(21(35)36,10-40-19(16)30)6-13-14-11(7-38-13)4-3-5-26-14/h3-5,7-8,16,19H,6,9-10H2,1-2H3,(H2,25,27)(H,28,31)(H,33,34)(H,35,36)/t16?,19-,24?/m1/s1. The van der Waals surface area contributed by atoms with Gasteiger partial charge in [0.1, 0.15) is 17.1 Å². The van der Waals surface area contributed by atoms with Crippen LogP contribution in [0.15, 0.2) is 34.2 Å². The molecule has 2 aliphatic heterocycles. The number of nitrogens with two attached hydrogens (primary N) is 1. The number of nitrogens with one attached hydrogen (secondary N) is 1. The summed E-state index contributed by atoms with van der Waals surface area (Å²) in [6, 6.07) is 2.79. The van der Waals surface area contributed by atoms with Crippen molar-refractivity contribution in [2.75, 3.05) is 18.0 Å². The third-order valence-electron chi connectivity index (χ3n) is 6.68. The number of carboxylic acids is 2. The zero-order valence-electron chi connectivity index (χ0n) is 21.2. The lowest BCUT2D eigenvalue weighted by Crippen LogP contribution is -2.74. The van der Waals surface area contributed by atoms with Gasteiger partial charge in [0.15, 0.2) is 10.8 Å². The van der Waals surface area contributed by atoms with Crippen molar-refractivity contribution < 1.29 is 34.2 Å². The summed E-state index contributed by atoms with van der Waals surface area (Å²) in [5, 5.41) is 29.9. The van der Waals surface area contributed by atoms with Crippen molar-refractivity contribution in [1.29, 1.82) is 0 Å². The van der Waals surface area contributed by atoms with Crippen LogP contribution in [-0.4, -0.2) is 83.9 Å². The van der Waals surface area contributed by atoms with Gasteiger partial charge in [-0.3, -0.25) is 19.4 Å². The molecular weight excluding hydrogens is 581 g/mol. The van der Waals surface area contributed by atoms with E-state index in [4.69, 9.17) is 10.6 Å². The van der Waals surface area contributed by atoms with E-state index in [0.29, 0.717) is 0 Å². The van der Waals surface area contributed by atoms with Crippen molar-refractivity contribution in [1.82, 2.24) is 20.2 Å². The maximum atomic E-state index is 13.2. The Kier molecular flexibility index (Phi) is 7.18. The Bertz CT molecular complexity index is 1550. The summed E-state index contributed by atoms with van der Waals surface area (Å²) >= 11 is 3.76. The highest BCUT2D eigenvalue weighted by Gasteiger charge is 2.57. The molecule has 16 heteroatoms. The van der Waals surface area contributed by atoms with Crippen LogP contribution < -0.4 is 11.1 Å². The number of thiazole rings is 1. The van der Waals surface area contributed by atoms with Crippen LogP contribution in [0.25, 0.3) is 10.9 Å². The molecule has 3 atom stereocenters. The van der Waals surface area contributed by atoms with Crippen molar-refractivity contribution in [3.05, 3.63) is 39.7 Å². The molecule has 0 saturated carbocycles. The number of β-lactam (4-membered cyclic amide) rings is 1. The highest BCUT2D eigenvalue weighted by molar-refractivity contribution is 8.00. The normalized spacial score (nSPS) is 22.9. The number of amides is 2. The average Bonchev–Trinajstić information content (AvgIpc) is 3.53. The smallest absolute Gasteiger partial charge is 0.350 e. The van der Waals surface area contributed by atoms with Gasteiger partial charge in [0, 0.05) is 45.9 Å². The van der Waals surface area contributed by atoms with Crippen molar-refractivity contribution in [2.24, 2.45) is 10.6 Å². The van der Waals surface area contributed by atoms with Crippen LogP contribution in [-0.2, 0) is 30.4 Å². The van der Waals surface area contributed by atoms with E-state index in [1.54, 1.807) is 6.20 Å². The fraction of sp³-hybridized carbons (Fsp3) is 0.375. The van der Waals surface area contributed by atoms with Crippen LogP contribution in [0.3, 0.4) is 0 Å². The molecule has 0 radical (unpaired) electrons. The number of rotatable bonds is 9. The molecule has 40 heavy (non-hydrogen) atoms. The first-order valence-corrected chi connectivity index (χ1v) is 14.7. The minimum atomic E-state index is -1.74. The number of thioether (sulfide) groups is 1. The van der Waals surface area contributed by atoms with Gasteiger partial charge < -0.3 is 31.0 Å². The van der Waals surface area contributed by atoms with Crippen molar-refractivity contribution >= 4 is 79.9 Å². The number of anilines is 1. The van der Waals surface area contributed by atoms with E-state index in [2.05, 4.69) is 20.4 Å². The Hall–Kier alpha value is -3.76. The van der Waals surface area contributed by atoms with Crippen LogP contribution in [0.5, 0.6) is 0 Å². The second kappa shape index (κ2) is 10.3. The van der Waals surface area contributed by atoms with E-state index >= 15 is 0 Å². The van der Waals surface area contributed by atoms with Gasteiger partial charge in [-0.15, -0.1) is 34.4 Å². The number of nitrogen functional groups attached to an aromatic ring is 1. The summed E-state index contributed by atoms with van der Waals surface area (Å²) in [5.41, 5.74) is 3.21. The molecule has 3 aromatic heterocycles. The second-order valence-electron chi connectivity index (χ2n) is 9.90. The first-order valence-electron chi connectivity index (χ1n) is 11.9. The topological polar surface area (TPSA) is 197 Å². The molecule has 0 aromatic carbocycles. The van der Waals surface area contributed by atoms with E-state index in [-0.39, 0.29) is 35.3 Å². The molecule has 0 aliphatic carbocycles. The Morgan fingerprint density at radius 2 is 2.08 bits per heavy atom. The number of nitrogens with zero attached hydrogens (tertiary/aromatic N) is 4. The maximum Gasteiger partial charge on any atom is 0.350 e. The Balaban J connectivity index is 1.32. The Morgan fingerprint density at radius 3 is 2.75 bits per heavy atom. The largest absolute Gasteiger partial charge is 0.481 e. The van der Waals surface area contributed by atoms with E-state index in [1.165, 1.54) is 47.2 Å². The van der Waals surface area contributed by atoms with E-state index in [9.17, 15) is 29.4 Å². The Labute approximate surface area is 239 Å². The van der Waals surface area contributed by atoms with Crippen molar-refractivity contribution in [2.45, 2.75) is 37.3 Å². The van der Waals surface area contributed by atoms with Crippen LogP contribution in [0.2, 0.25) is 0 Å². The number of pyridine rings is 1. The molecule has 210 valence electrons. The number of carboxylic acid groups (broad SMARTS) is 2. The highest BCUT2D eigenvalue weighted by atomic mass is 32.2. The molecule has 13 nitrogen and oxygen atoms in total. The summed E-state index contributed by atoms with van der Waals surface area (Å²) < 4.78 is 0. The van der Waals surface area contributed by atoms with Crippen molar-refractivity contribution in [3.8, 4) is 0 Å². The highest BCUT2D eigenvalue weighted by Crippen LogP contribution is 2.45. The molecule has 0 bridgehead atoms. The summed E-state index contributed by atoms with van der Waals surface area (Å²) in [6.07, 6.45) is 1.88. The van der Waals surface area contributed by atoms with Crippen LogP contribution >= 0.6 is 34.4 Å². The molecule has 2 fully saturated rings. The van der Waals surface area contributed by atoms with Gasteiger partial charge in [-0.05, 0) is 19.9 Å². The van der Waals surface area contributed by atoms with E-state index in [1.807, 2.05) is 17.5 Å². The SMILES string of the molecule is CC(C)(ON=C(C(=O)NC1C(=O)N2CC(Cc3scc4cccnc34)(C(=O)O)CS[C@H]12)c1csc(N)n1)C(=O)O. The van der Waals surface area contributed by atoms with Gasteiger partial charge >= 0.3 is 11.9 Å². The van der Waals surface area contributed by atoms with Crippen LogP contribution in [0.1, 0.15) is 24.4 Å². The zero-order valence-corrected chi connectivity index (χ0v) is 23.6. The number of oxime groups is 1. The molecule has 5 heterocycles.